The zero-order chi connectivity index (χ0) is 9.36. The van der Waals surface area contributed by atoms with Crippen LogP contribution >= 0.6 is 0 Å². The van der Waals surface area contributed by atoms with Gasteiger partial charge in [-0.15, -0.1) is 0 Å². The van der Waals surface area contributed by atoms with E-state index in [2.05, 4.69) is 12.0 Å². The van der Waals surface area contributed by atoms with Crippen LogP contribution in [-0.2, 0) is 4.84 Å². The zero-order valence-electron chi connectivity index (χ0n) is 8.93. The first kappa shape index (κ1) is 11.0. The standard InChI is InChI=1S/C11H23NO/c1-2-3-4-5-6-7-8-9-12-10-11-13-12/h2-11H2,1H3. The minimum Gasteiger partial charge on any atom is -0.297 e. The second-order valence-electron chi connectivity index (χ2n) is 3.88. The monoisotopic (exact) mass is 185 g/mol. The summed E-state index contributed by atoms with van der Waals surface area (Å²) < 4.78 is 0. The fourth-order valence-electron chi connectivity index (χ4n) is 1.64. The SMILES string of the molecule is CCCCCCCCCN1CCO1. The van der Waals surface area contributed by atoms with Gasteiger partial charge < -0.3 is 0 Å². The normalized spacial score (nSPS) is 17.3. The third kappa shape index (κ3) is 5.27. The first-order valence-corrected chi connectivity index (χ1v) is 5.81. The van der Waals surface area contributed by atoms with Crippen LogP contribution in [0.4, 0.5) is 0 Å². The van der Waals surface area contributed by atoms with Gasteiger partial charge in [0.1, 0.15) is 0 Å². The molecule has 1 aliphatic heterocycles. The highest BCUT2D eigenvalue weighted by molar-refractivity contribution is 4.54. The smallest absolute Gasteiger partial charge is 0.0835 e. The van der Waals surface area contributed by atoms with Gasteiger partial charge in [0.05, 0.1) is 6.61 Å². The lowest BCUT2D eigenvalue weighted by molar-refractivity contribution is -0.246. The maximum atomic E-state index is 5.21. The topological polar surface area (TPSA) is 12.5 Å². The van der Waals surface area contributed by atoms with Crippen LogP contribution < -0.4 is 0 Å². The van der Waals surface area contributed by atoms with Crippen molar-refractivity contribution in [3.63, 3.8) is 0 Å². The Morgan fingerprint density at radius 1 is 1.00 bits per heavy atom. The van der Waals surface area contributed by atoms with Crippen molar-refractivity contribution >= 4 is 0 Å². The largest absolute Gasteiger partial charge is 0.297 e. The van der Waals surface area contributed by atoms with Crippen molar-refractivity contribution in [1.82, 2.24) is 5.06 Å². The first-order valence-electron chi connectivity index (χ1n) is 5.81. The van der Waals surface area contributed by atoms with Gasteiger partial charge in [-0.3, -0.25) is 4.84 Å². The van der Waals surface area contributed by atoms with Gasteiger partial charge in [-0.2, -0.15) is 5.06 Å². The molecule has 1 fully saturated rings. The molecule has 1 rings (SSSR count). The molecule has 0 spiro atoms. The molecule has 0 aliphatic carbocycles. The number of rotatable bonds is 8. The van der Waals surface area contributed by atoms with E-state index < -0.39 is 0 Å². The fraction of sp³-hybridized carbons (Fsp3) is 1.00. The summed E-state index contributed by atoms with van der Waals surface area (Å²) in [5.41, 5.74) is 0. The average molecular weight is 185 g/mol. The van der Waals surface area contributed by atoms with E-state index in [1.165, 1.54) is 44.9 Å². The Balaban J connectivity index is 1.68. The maximum Gasteiger partial charge on any atom is 0.0835 e. The van der Waals surface area contributed by atoms with Crippen LogP contribution in [0.25, 0.3) is 0 Å². The molecule has 0 saturated carbocycles. The van der Waals surface area contributed by atoms with E-state index in [0.717, 1.165) is 19.7 Å². The highest BCUT2D eigenvalue weighted by atomic mass is 16.7. The molecule has 78 valence electrons. The summed E-state index contributed by atoms with van der Waals surface area (Å²) in [5, 5.41) is 2.08. The molecular formula is C11H23NO. The Morgan fingerprint density at radius 3 is 2.15 bits per heavy atom. The number of hydrogen-bond donors (Lipinski definition) is 0. The predicted octanol–water partition coefficient (Wildman–Crippen LogP) is 2.98. The van der Waals surface area contributed by atoms with Crippen molar-refractivity contribution in [2.24, 2.45) is 0 Å². The van der Waals surface area contributed by atoms with Crippen molar-refractivity contribution in [2.75, 3.05) is 19.7 Å². The summed E-state index contributed by atoms with van der Waals surface area (Å²) in [4.78, 5) is 5.21. The number of nitrogens with zero attached hydrogens (tertiary/aromatic N) is 1. The van der Waals surface area contributed by atoms with Crippen molar-refractivity contribution in [3.05, 3.63) is 0 Å². The van der Waals surface area contributed by atoms with Crippen LogP contribution in [0.5, 0.6) is 0 Å². The van der Waals surface area contributed by atoms with Gasteiger partial charge in [0.15, 0.2) is 0 Å². The molecule has 2 nitrogen and oxygen atoms in total. The molecule has 1 aliphatic rings. The second kappa shape index (κ2) is 7.34. The van der Waals surface area contributed by atoms with E-state index in [1.54, 1.807) is 0 Å². The highest BCUT2D eigenvalue weighted by Crippen LogP contribution is 2.09. The molecular weight excluding hydrogens is 162 g/mol. The summed E-state index contributed by atoms with van der Waals surface area (Å²) in [5.74, 6) is 0. The van der Waals surface area contributed by atoms with Crippen LogP contribution in [0.2, 0.25) is 0 Å². The lowest BCUT2D eigenvalue weighted by atomic mass is 10.1. The molecule has 0 atom stereocenters. The minimum atomic E-state index is 0.941. The minimum absolute atomic E-state index is 0.941. The Hall–Kier alpha value is -0.0800. The third-order valence-corrected chi connectivity index (χ3v) is 2.63. The Morgan fingerprint density at radius 2 is 1.62 bits per heavy atom. The molecule has 0 N–H and O–H groups in total. The molecule has 0 bridgehead atoms. The van der Waals surface area contributed by atoms with Gasteiger partial charge in [-0.25, -0.2) is 0 Å². The van der Waals surface area contributed by atoms with Crippen molar-refractivity contribution in [2.45, 2.75) is 51.9 Å². The number of hydroxylamine groups is 2. The second-order valence-corrected chi connectivity index (χ2v) is 3.88. The number of unbranched alkanes of at least 4 members (excludes halogenated alkanes) is 6. The Kier molecular flexibility index (Phi) is 6.21. The molecule has 1 saturated heterocycles. The lowest BCUT2D eigenvalue weighted by Gasteiger charge is -2.29. The summed E-state index contributed by atoms with van der Waals surface area (Å²) in [6, 6.07) is 0. The van der Waals surface area contributed by atoms with Crippen molar-refractivity contribution in [1.29, 1.82) is 0 Å². The molecule has 0 aromatic rings. The highest BCUT2D eigenvalue weighted by Gasteiger charge is 2.12. The van der Waals surface area contributed by atoms with Crippen LogP contribution in [-0.4, -0.2) is 24.8 Å². The van der Waals surface area contributed by atoms with E-state index >= 15 is 0 Å². The van der Waals surface area contributed by atoms with E-state index in [9.17, 15) is 0 Å². The van der Waals surface area contributed by atoms with Gasteiger partial charge >= 0.3 is 0 Å². The van der Waals surface area contributed by atoms with Crippen LogP contribution in [0.3, 0.4) is 0 Å². The summed E-state index contributed by atoms with van der Waals surface area (Å²) in [6.07, 6.45) is 9.71. The number of hydrogen-bond acceptors (Lipinski definition) is 2. The average Bonchev–Trinajstić information content (AvgIpc) is 2.07. The molecule has 0 aromatic heterocycles. The molecule has 0 radical (unpaired) electrons. The van der Waals surface area contributed by atoms with Crippen LogP contribution in [0, 0.1) is 0 Å². The molecule has 2 heteroatoms. The van der Waals surface area contributed by atoms with Gasteiger partial charge in [-0.1, -0.05) is 45.4 Å². The summed E-state index contributed by atoms with van der Waals surface area (Å²) in [6.45, 7) is 5.50. The third-order valence-electron chi connectivity index (χ3n) is 2.63. The fourth-order valence-corrected chi connectivity index (χ4v) is 1.64. The summed E-state index contributed by atoms with van der Waals surface area (Å²) >= 11 is 0. The Labute approximate surface area is 82.2 Å². The van der Waals surface area contributed by atoms with Gasteiger partial charge in [0.25, 0.3) is 0 Å². The molecule has 0 amide bonds. The predicted molar refractivity (Wildman–Crippen MR) is 55.5 cm³/mol. The van der Waals surface area contributed by atoms with Gasteiger partial charge in [0, 0.05) is 13.1 Å². The lowest BCUT2D eigenvalue weighted by Crippen LogP contribution is -2.39. The van der Waals surface area contributed by atoms with Crippen molar-refractivity contribution in [3.8, 4) is 0 Å². The van der Waals surface area contributed by atoms with Crippen molar-refractivity contribution < 1.29 is 4.84 Å². The van der Waals surface area contributed by atoms with E-state index in [0.29, 0.717) is 0 Å². The zero-order valence-corrected chi connectivity index (χ0v) is 8.93. The Bertz CT molecular complexity index is 113. The first-order chi connectivity index (χ1) is 6.43. The van der Waals surface area contributed by atoms with Crippen LogP contribution in [0.1, 0.15) is 51.9 Å². The molecule has 13 heavy (non-hydrogen) atoms. The maximum absolute atomic E-state index is 5.21. The van der Waals surface area contributed by atoms with Gasteiger partial charge in [0.2, 0.25) is 0 Å². The van der Waals surface area contributed by atoms with Crippen LogP contribution in [0.15, 0.2) is 0 Å². The molecule has 0 unspecified atom stereocenters. The quantitative estimate of drug-likeness (QED) is 0.539. The van der Waals surface area contributed by atoms with Gasteiger partial charge in [-0.05, 0) is 6.42 Å². The van der Waals surface area contributed by atoms with E-state index in [4.69, 9.17) is 4.84 Å². The summed E-state index contributed by atoms with van der Waals surface area (Å²) in [7, 11) is 0. The molecule has 1 heterocycles. The van der Waals surface area contributed by atoms with E-state index in [-0.39, 0.29) is 0 Å². The molecule has 0 aromatic carbocycles. The van der Waals surface area contributed by atoms with E-state index in [1.807, 2.05) is 0 Å².